The molecule has 0 spiro atoms. The van der Waals surface area contributed by atoms with E-state index < -0.39 is 36.7 Å². The molecule has 0 atom stereocenters. The number of piperidine rings is 1. The number of likely N-dealkylation sites (tertiary alicyclic amines) is 1. The predicted octanol–water partition coefficient (Wildman–Crippen LogP) is 1.75. The van der Waals surface area contributed by atoms with Crippen molar-refractivity contribution in [1.82, 2.24) is 14.9 Å². The van der Waals surface area contributed by atoms with Crippen molar-refractivity contribution in [2.45, 2.75) is 19.0 Å². The standard InChI is InChI=1S/C13H15F3N4O4/c14-13(15,16)7-24-11-17-4-1-9(18-11)19-12(23)20-5-2-8(3-6-20)10(21)22/h1,4,8H,2-3,5-7H2,(H,21,22)(H,17,18,19,23). The van der Waals surface area contributed by atoms with E-state index in [9.17, 15) is 22.8 Å². The number of carboxylic acids is 1. The molecule has 1 aliphatic heterocycles. The van der Waals surface area contributed by atoms with Crippen molar-refractivity contribution in [3.05, 3.63) is 12.3 Å². The first-order valence-electron chi connectivity index (χ1n) is 7.06. The van der Waals surface area contributed by atoms with E-state index in [1.807, 2.05) is 0 Å². The van der Waals surface area contributed by atoms with Crippen LogP contribution in [-0.2, 0) is 4.79 Å². The molecule has 1 aromatic heterocycles. The van der Waals surface area contributed by atoms with Gasteiger partial charge in [-0.05, 0) is 18.9 Å². The second kappa shape index (κ2) is 7.32. The molecule has 2 amide bonds. The number of carbonyl (C=O) groups is 2. The summed E-state index contributed by atoms with van der Waals surface area (Å²) in [4.78, 5) is 31.5. The highest BCUT2D eigenvalue weighted by Crippen LogP contribution is 2.19. The van der Waals surface area contributed by atoms with E-state index in [0.29, 0.717) is 12.8 Å². The smallest absolute Gasteiger partial charge is 0.422 e. The molecular weight excluding hydrogens is 333 g/mol. The Morgan fingerprint density at radius 2 is 2.04 bits per heavy atom. The van der Waals surface area contributed by atoms with Gasteiger partial charge < -0.3 is 14.7 Å². The predicted molar refractivity (Wildman–Crippen MR) is 74.5 cm³/mol. The van der Waals surface area contributed by atoms with Crippen molar-refractivity contribution in [2.75, 3.05) is 25.0 Å². The third kappa shape index (κ3) is 5.25. The Hall–Kier alpha value is -2.59. The normalized spacial score (nSPS) is 15.9. The zero-order valence-corrected chi connectivity index (χ0v) is 12.4. The molecule has 2 rings (SSSR count). The Balaban J connectivity index is 1.89. The number of nitrogens with zero attached hydrogens (tertiary/aromatic N) is 3. The van der Waals surface area contributed by atoms with Gasteiger partial charge in [-0.25, -0.2) is 9.78 Å². The average Bonchev–Trinajstić information content (AvgIpc) is 2.53. The van der Waals surface area contributed by atoms with E-state index in [4.69, 9.17) is 5.11 Å². The van der Waals surface area contributed by atoms with Gasteiger partial charge in [0, 0.05) is 19.3 Å². The molecule has 2 heterocycles. The number of ether oxygens (including phenoxy) is 1. The number of aromatic nitrogens is 2. The molecule has 24 heavy (non-hydrogen) atoms. The summed E-state index contributed by atoms with van der Waals surface area (Å²) in [5, 5.41) is 11.3. The van der Waals surface area contributed by atoms with Crippen molar-refractivity contribution in [2.24, 2.45) is 5.92 Å². The van der Waals surface area contributed by atoms with Crippen LogP contribution in [0.2, 0.25) is 0 Å². The molecule has 0 unspecified atom stereocenters. The van der Waals surface area contributed by atoms with Crippen LogP contribution < -0.4 is 10.1 Å². The summed E-state index contributed by atoms with van der Waals surface area (Å²) in [6, 6.07) is 0.288. The molecule has 1 fully saturated rings. The van der Waals surface area contributed by atoms with Crippen LogP contribution in [0.3, 0.4) is 0 Å². The first kappa shape index (κ1) is 17.8. The maximum Gasteiger partial charge on any atom is 0.422 e. The number of carbonyl (C=O) groups excluding carboxylic acids is 1. The maximum absolute atomic E-state index is 12.1. The van der Waals surface area contributed by atoms with Crippen LogP contribution in [-0.4, -0.2) is 57.8 Å². The number of aliphatic carboxylic acids is 1. The Kier molecular flexibility index (Phi) is 5.42. The lowest BCUT2D eigenvalue weighted by atomic mass is 9.97. The minimum absolute atomic E-state index is 0.00691. The largest absolute Gasteiger partial charge is 0.481 e. The van der Waals surface area contributed by atoms with Crippen LogP contribution in [0.25, 0.3) is 0 Å². The van der Waals surface area contributed by atoms with E-state index in [2.05, 4.69) is 20.0 Å². The number of anilines is 1. The molecule has 0 radical (unpaired) electrons. The number of rotatable bonds is 4. The molecule has 0 aliphatic carbocycles. The van der Waals surface area contributed by atoms with Gasteiger partial charge in [0.05, 0.1) is 5.92 Å². The van der Waals surface area contributed by atoms with Crippen molar-refractivity contribution in [3.8, 4) is 6.01 Å². The van der Waals surface area contributed by atoms with E-state index in [1.54, 1.807) is 0 Å². The molecule has 2 N–H and O–H groups in total. The van der Waals surface area contributed by atoms with Crippen molar-refractivity contribution < 1.29 is 32.6 Å². The van der Waals surface area contributed by atoms with Crippen LogP contribution in [0, 0.1) is 5.92 Å². The minimum Gasteiger partial charge on any atom is -0.481 e. The number of alkyl halides is 3. The zero-order chi connectivity index (χ0) is 17.7. The van der Waals surface area contributed by atoms with Crippen molar-refractivity contribution in [1.29, 1.82) is 0 Å². The third-order valence-corrected chi connectivity index (χ3v) is 3.36. The van der Waals surface area contributed by atoms with Crippen LogP contribution >= 0.6 is 0 Å². The highest BCUT2D eigenvalue weighted by atomic mass is 19.4. The lowest BCUT2D eigenvalue weighted by Gasteiger charge is -2.29. The number of amides is 2. The summed E-state index contributed by atoms with van der Waals surface area (Å²) >= 11 is 0. The molecule has 0 bridgehead atoms. The fraction of sp³-hybridized carbons (Fsp3) is 0.538. The Bertz CT molecular complexity index is 603. The summed E-state index contributed by atoms with van der Waals surface area (Å²) in [5.41, 5.74) is 0. The van der Waals surface area contributed by atoms with Gasteiger partial charge in [-0.15, -0.1) is 0 Å². The molecular formula is C13H15F3N4O4. The molecule has 1 saturated heterocycles. The molecule has 132 valence electrons. The van der Waals surface area contributed by atoms with E-state index in [1.165, 1.54) is 11.0 Å². The van der Waals surface area contributed by atoms with Gasteiger partial charge in [0.1, 0.15) is 5.82 Å². The summed E-state index contributed by atoms with van der Waals surface area (Å²) < 4.78 is 40.7. The SMILES string of the molecule is O=C(O)C1CCN(C(=O)Nc2ccnc(OCC(F)(F)F)n2)CC1. The lowest BCUT2D eigenvalue weighted by Crippen LogP contribution is -2.42. The van der Waals surface area contributed by atoms with Crippen molar-refractivity contribution >= 4 is 17.8 Å². The fourth-order valence-corrected chi connectivity index (χ4v) is 2.14. The first-order chi connectivity index (χ1) is 11.2. The summed E-state index contributed by atoms with van der Waals surface area (Å²) in [5.74, 6) is -1.37. The topological polar surface area (TPSA) is 105 Å². The van der Waals surface area contributed by atoms with E-state index >= 15 is 0 Å². The highest BCUT2D eigenvalue weighted by Gasteiger charge is 2.29. The first-order valence-corrected chi connectivity index (χ1v) is 7.06. The number of halogens is 3. The molecule has 0 saturated carbocycles. The summed E-state index contributed by atoms with van der Waals surface area (Å²) in [6.45, 7) is -0.996. The van der Waals surface area contributed by atoms with Gasteiger partial charge in [0.15, 0.2) is 6.61 Å². The van der Waals surface area contributed by atoms with Crippen LogP contribution in [0.5, 0.6) is 6.01 Å². The lowest BCUT2D eigenvalue weighted by molar-refractivity contribution is -0.154. The third-order valence-electron chi connectivity index (χ3n) is 3.36. The fourth-order valence-electron chi connectivity index (χ4n) is 2.14. The van der Waals surface area contributed by atoms with Gasteiger partial charge in [-0.1, -0.05) is 0 Å². The summed E-state index contributed by atoms with van der Waals surface area (Å²) in [6.07, 6.45) is -2.68. The Morgan fingerprint density at radius 3 is 2.62 bits per heavy atom. The van der Waals surface area contributed by atoms with Gasteiger partial charge in [0.25, 0.3) is 0 Å². The Labute approximate surface area is 134 Å². The number of urea groups is 1. The van der Waals surface area contributed by atoms with Crippen LogP contribution in [0.1, 0.15) is 12.8 Å². The average molecular weight is 348 g/mol. The maximum atomic E-state index is 12.1. The van der Waals surface area contributed by atoms with Crippen LogP contribution in [0.15, 0.2) is 12.3 Å². The molecule has 11 heteroatoms. The number of nitrogens with one attached hydrogen (secondary N) is 1. The molecule has 1 aromatic rings. The van der Waals surface area contributed by atoms with Gasteiger partial charge in [-0.2, -0.15) is 18.2 Å². The summed E-state index contributed by atoms with van der Waals surface area (Å²) in [7, 11) is 0. The number of hydrogen-bond donors (Lipinski definition) is 2. The zero-order valence-electron chi connectivity index (χ0n) is 12.4. The van der Waals surface area contributed by atoms with Gasteiger partial charge >= 0.3 is 24.2 Å². The Morgan fingerprint density at radius 1 is 1.38 bits per heavy atom. The number of carboxylic acid groups (broad SMARTS) is 1. The molecule has 8 nitrogen and oxygen atoms in total. The quantitative estimate of drug-likeness (QED) is 0.859. The van der Waals surface area contributed by atoms with E-state index in [-0.39, 0.29) is 18.9 Å². The van der Waals surface area contributed by atoms with E-state index in [0.717, 1.165) is 6.20 Å². The number of hydrogen-bond acceptors (Lipinski definition) is 5. The highest BCUT2D eigenvalue weighted by molar-refractivity contribution is 5.88. The second-order valence-corrected chi connectivity index (χ2v) is 5.16. The van der Waals surface area contributed by atoms with Gasteiger partial charge in [0.2, 0.25) is 0 Å². The second-order valence-electron chi connectivity index (χ2n) is 5.16. The minimum atomic E-state index is -4.52. The molecule has 1 aliphatic rings. The van der Waals surface area contributed by atoms with Crippen LogP contribution in [0.4, 0.5) is 23.8 Å². The molecule has 0 aromatic carbocycles. The van der Waals surface area contributed by atoms with Crippen molar-refractivity contribution in [3.63, 3.8) is 0 Å². The van der Waals surface area contributed by atoms with Gasteiger partial charge in [-0.3, -0.25) is 10.1 Å². The monoisotopic (exact) mass is 348 g/mol.